The van der Waals surface area contributed by atoms with Crippen molar-refractivity contribution in [1.29, 1.82) is 0 Å². The largest absolute Gasteiger partial charge is 0.508 e. The highest BCUT2D eigenvalue weighted by Crippen LogP contribution is 2.36. The van der Waals surface area contributed by atoms with Crippen molar-refractivity contribution in [2.75, 3.05) is 5.32 Å². The Morgan fingerprint density at radius 2 is 1.63 bits per heavy atom. The van der Waals surface area contributed by atoms with E-state index in [9.17, 15) is 19.5 Å². The van der Waals surface area contributed by atoms with E-state index >= 15 is 0 Å². The molecule has 9 heteroatoms. The molecular weight excluding hydrogens is 566 g/mol. The maximum absolute atomic E-state index is 14.7. The standard InChI is InChI=1S/C34H40ClN3O5/c1-21-10-6-7-14-26(21)30(31(40)37-29-22(2)11-8-15-27(29)35)38(24-12-9-13-24)32(41)28(36-33(42)43-34(3,4)5)20-23-16-18-25(39)19-17-23/h6-8,10-11,14-19,24,28,30,39H,9,12-13,20H2,1-5H3,(H,36,42)(H,37,40). The number of benzene rings is 3. The number of hydrogen-bond donors (Lipinski definition) is 3. The summed E-state index contributed by atoms with van der Waals surface area (Å²) >= 11 is 6.49. The molecule has 8 nitrogen and oxygen atoms in total. The average Bonchev–Trinajstić information content (AvgIpc) is 2.90. The topological polar surface area (TPSA) is 108 Å². The first-order valence-corrected chi connectivity index (χ1v) is 14.9. The van der Waals surface area contributed by atoms with E-state index in [1.165, 1.54) is 12.1 Å². The van der Waals surface area contributed by atoms with E-state index in [2.05, 4.69) is 10.6 Å². The fourth-order valence-corrected chi connectivity index (χ4v) is 5.44. The van der Waals surface area contributed by atoms with Gasteiger partial charge in [0.1, 0.15) is 23.4 Å². The van der Waals surface area contributed by atoms with Crippen LogP contribution in [0.15, 0.2) is 66.7 Å². The Bertz CT molecular complexity index is 1440. The smallest absolute Gasteiger partial charge is 0.408 e. The summed E-state index contributed by atoms with van der Waals surface area (Å²) in [6, 6.07) is 17.1. The van der Waals surface area contributed by atoms with Gasteiger partial charge in [-0.05, 0) is 94.3 Å². The van der Waals surface area contributed by atoms with Gasteiger partial charge in [0.2, 0.25) is 5.91 Å². The van der Waals surface area contributed by atoms with Crippen molar-refractivity contribution >= 4 is 35.2 Å². The van der Waals surface area contributed by atoms with E-state index in [0.29, 0.717) is 16.3 Å². The second-order valence-corrected chi connectivity index (χ2v) is 12.5. The molecule has 0 saturated heterocycles. The minimum atomic E-state index is -1.04. The Hall–Kier alpha value is -4.04. The number of ether oxygens (including phenoxy) is 1. The molecule has 0 spiro atoms. The van der Waals surface area contributed by atoms with E-state index < -0.39 is 35.6 Å². The third-order valence-corrected chi connectivity index (χ3v) is 7.88. The van der Waals surface area contributed by atoms with Crippen LogP contribution in [0.25, 0.3) is 0 Å². The quantitative estimate of drug-likeness (QED) is 0.247. The number of phenolic OH excluding ortho intramolecular Hbond substituents is 1. The van der Waals surface area contributed by atoms with Gasteiger partial charge in [0.05, 0.1) is 10.7 Å². The molecule has 228 valence electrons. The summed E-state index contributed by atoms with van der Waals surface area (Å²) in [5.74, 6) is -0.705. The maximum atomic E-state index is 14.7. The van der Waals surface area contributed by atoms with Crippen LogP contribution >= 0.6 is 11.6 Å². The molecule has 3 amide bonds. The van der Waals surface area contributed by atoms with Gasteiger partial charge in [0.25, 0.3) is 5.91 Å². The van der Waals surface area contributed by atoms with Crippen LogP contribution < -0.4 is 10.6 Å². The number of rotatable bonds is 9. The van der Waals surface area contributed by atoms with Crippen LogP contribution in [0.3, 0.4) is 0 Å². The monoisotopic (exact) mass is 605 g/mol. The van der Waals surface area contributed by atoms with Gasteiger partial charge in [-0.3, -0.25) is 9.59 Å². The van der Waals surface area contributed by atoms with Crippen LogP contribution in [0, 0.1) is 13.8 Å². The molecule has 1 aliphatic carbocycles. The molecular formula is C34H40ClN3O5. The van der Waals surface area contributed by atoms with Crippen molar-refractivity contribution in [3.8, 4) is 5.75 Å². The fourth-order valence-electron chi connectivity index (χ4n) is 5.17. The molecule has 1 aliphatic rings. The molecule has 1 saturated carbocycles. The number of aromatic hydroxyl groups is 1. The number of carbonyl (C=O) groups is 3. The van der Waals surface area contributed by atoms with Crippen LogP contribution in [0.2, 0.25) is 5.02 Å². The molecule has 2 atom stereocenters. The molecule has 0 aromatic heterocycles. The van der Waals surface area contributed by atoms with Crippen molar-refractivity contribution in [3.63, 3.8) is 0 Å². The number of alkyl carbamates (subject to hydrolysis) is 1. The van der Waals surface area contributed by atoms with E-state index in [1.807, 2.05) is 50.2 Å². The zero-order valence-corrected chi connectivity index (χ0v) is 26.1. The minimum Gasteiger partial charge on any atom is -0.508 e. The predicted molar refractivity (Wildman–Crippen MR) is 168 cm³/mol. The van der Waals surface area contributed by atoms with Crippen LogP contribution in [0.1, 0.15) is 68.3 Å². The number of carbonyl (C=O) groups excluding carboxylic acids is 3. The lowest BCUT2D eigenvalue weighted by atomic mass is 9.87. The van der Waals surface area contributed by atoms with Gasteiger partial charge < -0.3 is 25.4 Å². The van der Waals surface area contributed by atoms with Gasteiger partial charge in [-0.15, -0.1) is 0 Å². The number of amides is 3. The number of anilines is 1. The van der Waals surface area contributed by atoms with Gasteiger partial charge in [0, 0.05) is 12.5 Å². The second-order valence-electron chi connectivity index (χ2n) is 12.1. The van der Waals surface area contributed by atoms with Crippen LogP contribution in [-0.4, -0.2) is 45.6 Å². The minimum absolute atomic E-state index is 0.0916. The lowest BCUT2D eigenvalue weighted by Gasteiger charge is -2.44. The van der Waals surface area contributed by atoms with Gasteiger partial charge >= 0.3 is 6.09 Å². The number of hydrogen-bond acceptors (Lipinski definition) is 5. The molecule has 1 fully saturated rings. The summed E-state index contributed by atoms with van der Waals surface area (Å²) in [7, 11) is 0. The molecule has 3 aromatic carbocycles. The normalized spacial score (nSPS) is 14.7. The predicted octanol–water partition coefficient (Wildman–Crippen LogP) is 6.86. The first-order valence-electron chi connectivity index (χ1n) is 14.5. The first kappa shape index (κ1) is 31.9. The van der Waals surface area contributed by atoms with E-state index in [0.717, 1.165) is 36.0 Å². The molecule has 4 rings (SSSR count). The van der Waals surface area contributed by atoms with Crippen molar-refractivity contribution < 1.29 is 24.2 Å². The summed E-state index contributed by atoms with van der Waals surface area (Å²) in [5, 5.41) is 16.0. The average molecular weight is 606 g/mol. The van der Waals surface area contributed by atoms with Gasteiger partial charge in [0.15, 0.2) is 0 Å². The number of phenols is 1. The number of aryl methyl sites for hydroxylation is 2. The van der Waals surface area contributed by atoms with E-state index in [-0.39, 0.29) is 18.2 Å². The Labute approximate surface area is 258 Å². The molecule has 0 bridgehead atoms. The lowest BCUT2D eigenvalue weighted by molar-refractivity contribution is -0.145. The molecule has 0 radical (unpaired) electrons. The molecule has 3 N–H and O–H groups in total. The Morgan fingerprint density at radius 3 is 2.21 bits per heavy atom. The Morgan fingerprint density at radius 1 is 0.977 bits per heavy atom. The number of halogens is 1. The SMILES string of the molecule is Cc1ccccc1C(C(=O)Nc1c(C)cccc1Cl)N(C(=O)C(Cc1ccc(O)cc1)NC(=O)OC(C)(C)C)C1CCC1. The van der Waals surface area contributed by atoms with Crippen molar-refractivity contribution in [3.05, 3.63) is 94.0 Å². The van der Waals surface area contributed by atoms with Crippen LogP contribution in [0.5, 0.6) is 5.75 Å². The highest BCUT2D eigenvalue weighted by atomic mass is 35.5. The Kier molecular flexibility index (Phi) is 10.0. The van der Waals surface area contributed by atoms with Crippen molar-refractivity contribution in [2.24, 2.45) is 0 Å². The summed E-state index contributed by atoms with van der Waals surface area (Å²) in [5.41, 5.74) is 2.77. The van der Waals surface area contributed by atoms with E-state index in [1.54, 1.807) is 43.9 Å². The third-order valence-electron chi connectivity index (χ3n) is 7.57. The number of nitrogens with one attached hydrogen (secondary N) is 2. The second kappa shape index (κ2) is 13.5. The molecule has 3 aromatic rings. The number of nitrogens with zero attached hydrogens (tertiary/aromatic N) is 1. The zero-order chi connectivity index (χ0) is 31.3. The first-order chi connectivity index (χ1) is 20.3. The highest BCUT2D eigenvalue weighted by molar-refractivity contribution is 6.34. The maximum Gasteiger partial charge on any atom is 0.408 e. The molecule has 0 aliphatic heterocycles. The highest BCUT2D eigenvalue weighted by Gasteiger charge is 2.42. The molecule has 0 heterocycles. The lowest BCUT2D eigenvalue weighted by Crippen LogP contribution is -2.57. The third kappa shape index (κ3) is 8.08. The van der Waals surface area contributed by atoms with Crippen LogP contribution in [-0.2, 0) is 20.7 Å². The van der Waals surface area contributed by atoms with Crippen molar-refractivity contribution in [1.82, 2.24) is 10.2 Å². The van der Waals surface area contributed by atoms with Gasteiger partial charge in [-0.25, -0.2) is 4.79 Å². The van der Waals surface area contributed by atoms with Gasteiger partial charge in [-0.1, -0.05) is 60.1 Å². The summed E-state index contributed by atoms with van der Waals surface area (Å²) < 4.78 is 5.52. The summed E-state index contributed by atoms with van der Waals surface area (Å²) in [6.45, 7) is 9.02. The summed E-state index contributed by atoms with van der Waals surface area (Å²) in [4.78, 5) is 43.6. The van der Waals surface area contributed by atoms with Crippen molar-refractivity contribution in [2.45, 2.75) is 84.0 Å². The number of para-hydroxylation sites is 1. The van der Waals surface area contributed by atoms with Gasteiger partial charge in [-0.2, -0.15) is 0 Å². The molecule has 2 unspecified atom stereocenters. The molecule has 43 heavy (non-hydrogen) atoms. The Balaban J connectivity index is 1.78. The van der Waals surface area contributed by atoms with E-state index in [4.69, 9.17) is 16.3 Å². The summed E-state index contributed by atoms with van der Waals surface area (Å²) in [6.07, 6.45) is 1.77. The fraction of sp³-hybridized carbons (Fsp3) is 0.382. The zero-order valence-electron chi connectivity index (χ0n) is 25.3. The van der Waals surface area contributed by atoms with Crippen LogP contribution in [0.4, 0.5) is 10.5 Å².